The van der Waals surface area contributed by atoms with Crippen LogP contribution in [0.3, 0.4) is 0 Å². The van der Waals surface area contributed by atoms with Crippen molar-refractivity contribution in [2.45, 2.75) is 70.4 Å². The van der Waals surface area contributed by atoms with Gasteiger partial charge in [0.25, 0.3) is 0 Å². The second-order valence-electron chi connectivity index (χ2n) is 11.3. The molecule has 176 valence electrons. The maximum Gasteiger partial charge on any atom is 0.250 e. The van der Waals surface area contributed by atoms with Gasteiger partial charge in [-0.2, -0.15) is 5.26 Å². The predicted molar refractivity (Wildman–Crippen MR) is 141 cm³/mol. The first-order chi connectivity index (χ1) is 16.1. The molecule has 4 nitrogen and oxygen atoms in total. The summed E-state index contributed by atoms with van der Waals surface area (Å²) in [4.78, 5) is 2.55. The van der Waals surface area contributed by atoms with Crippen LogP contribution >= 0.6 is 0 Å². The Balaban J connectivity index is 1.66. The zero-order valence-electron chi connectivity index (χ0n) is 21.2. The smallest absolute Gasteiger partial charge is 0.250 e. The molecule has 0 unspecified atom stereocenters. The highest BCUT2D eigenvalue weighted by atomic mass is 28.4. The Morgan fingerprint density at radius 2 is 1.68 bits per heavy atom. The molecule has 3 heterocycles. The Bertz CT molecular complexity index is 1310. The van der Waals surface area contributed by atoms with Crippen LogP contribution in [0.1, 0.15) is 50.1 Å². The van der Waals surface area contributed by atoms with E-state index in [-0.39, 0.29) is 17.1 Å². The lowest BCUT2D eigenvalue weighted by atomic mass is 9.81. The van der Waals surface area contributed by atoms with Gasteiger partial charge in [-0.3, -0.25) is 4.90 Å². The lowest BCUT2D eigenvalue weighted by molar-refractivity contribution is 0.0949. The highest BCUT2D eigenvalue weighted by Crippen LogP contribution is 2.49. The average molecular weight is 470 g/mol. The quantitative estimate of drug-likeness (QED) is 0.392. The molecule has 0 radical (unpaired) electrons. The number of hydrogen-bond donors (Lipinski definition) is 0. The number of hydrogen-bond acceptors (Lipinski definition) is 3. The van der Waals surface area contributed by atoms with Crippen molar-refractivity contribution in [2.75, 3.05) is 0 Å². The molecule has 5 rings (SSSR count). The zero-order valence-corrected chi connectivity index (χ0v) is 22.2. The predicted octanol–water partition coefficient (Wildman–Crippen LogP) is 6.85. The number of aryl methyl sites for hydroxylation is 1. The Labute approximate surface area is 204 Å². The molecule has 5 heteroatoms. The van der Waals surface area contributed by atoms with Gasteiger partial charge in [0.2, 0.25) is 8.32 Å². The van der Waals surface area contributed by atoms with Crippen LogP contribution in [0.25, 0.3) is 10.9 Å². The minimum absolute atomic E-state index is 0.0297. The number of nitriles is 1. The summed E-state index contributed by atoms with van der Waals surface area (Å²) < 4.78 is 9.25. The first kappa shape index (κ1) is 23.0. The Morgan fingerprint density at radius 3 is 2.35 bits per heavy atom. The van der Waals surface area contributed by atoms with Crippen LogP contribution in [0.5, 0.6) is 0 Å². The van der Waals surface area contributed by atoms with Crippen molar-refractivity contribution < 1.29 is 4.43 Å². The Hall–Kier alpha value is -2.81. The highest BCUT2D eigenvalue weighted by molar-refractivity contribution is 6.74. The fraction of sp³-hybridized carbons (Fsp3) is 0.414. The molecule has 2 bridgehead atoms. The maximum atomic E-state index is 10.4. The monoisotopic (exact) mass is 469 g/mol. The van der Waals surface area contributed by atoms with E-state index in [0.29, 0.717) is 0 Å². The van der Waals surface area contributed by atoms with E-state index in [2.05, 4.69) is 111 Å². The fourth-order valence-electron chi connectivity index (χ4n) is 5.48. The van der Waals surface area contributed by atoms with E-state index < -0.39 is 8.32 Å². The highest BCUT2D eigenvalue weighted by Gasteiger charge is 2.47. The third-order valence-electron chi connectivity index (χ3n) is 8.30. The van der Waals surface area contributed by atoms with Crippen LogP contribution in [0, 0.1) is 11.3 Å². The molecular formula is C29H35N3OSi. The summed E-state index contributed by atoms with van der Waals surface area (Å²) in [5.74, 6) is 0.935. The van der Waals surface area contributed by atoms with Gasteiger partial charge in [-0.25, -0.2) is 0 Å². The van der Waals surface area contributed by atoms with Crippen LogP contribution in [-0.2, 0) is 24.4 Å². The number of nitrogens with zero attached hydrogens (tertiary/aromatic N) is 3. The number of aromatic nitrogens is 1. The van der Waals surface area contributed by atoms with E-state index >= 15 is 0 Å². The first-order valence-corrected chi connectivity index (χ1v) is 15.2. The van der Waals surface area contributed by atoms with Gasteiger partial charge >= 0.3 is 0 Å². The third-order valence-corrected chi connectivity index (χ3v) is 12.7. The summed E-state index contributed by atoms with van der Waals surface area (Å²) in [5.41, 5.74) is 6.16. The second kappa shape index (κ2) is 8.15. The fourth-order valence-corrected chi connectivity index (χ4v) is 6.59. The molecule has 2 aromatic carbocycles. The van der Waals surface area contributed by atoms with E-state index in [4.69, 9.17) is 4.43 Å². The molecule has 2 aliphatic rings. The number of benzene rings is 2. The van der Waals surface area contributed by atoms with E-state index in [0.717, 1.165) is 30.7 Å². The minimum atomic E-state index is -2.07. The lowest BCUT2D eigenvalue weighted by Crippen LogP contribution is -2.50. The maximum absolute atomic E-state index is 10.4. The van der Waals surface area contributed by atoms with E-state index in [1.807, 2.05) is 0 Å². The topological polar surface area (TPSA) is 41.2 Å². The van der Waals surface area contributed by atoms with Gasteiger partial charge in [0.15, 0.2) is 0 Å². The molecule has 2 atom stereocenters. The van der Waals surface area contributed by atoms with Crippen molar-refractivity contribution in [2.24, 2.45) is 7.05 Å². The lowest BCUT2D eigenvalue weighted by Gasteiger charge is -2.48. The van der Waals surface area contributed by atoms with Crippen molar-refractivity contribution >= 4 is 19.2 Å². The molecule has 3 aromatic rings. The van der Waals surface area contributed by atoms with Crippen molar-refractivity contribution in [1.82, 2.24) is 9.47 Å². The molecule has 0 aliphatic carbocycles. The molecular weight excluding hydrogens is 434 g/mol. The standard InChI is InChI=1S/C29H35N3OSi/c1-29(2,3)34(5,6)33-27-17-26-28-22(21-14-10-11-15-24(21)31(28)4)16-25(23(27)18-30)32(26)19-20-12-8-7-9-13-20/h7-15,25-26H,16-17,19H2,1-6H3/t25-,26-/m0/s1. The summed E-state index contributed by atoms with van der Waals surface area (Å²) in [5, 5.41) is 11.8. The average Bonchev–Trinajstić information content (AvgIpc) is 3.06. The van der Waals surface area contributed by atoms with Crippen LogP contribution in [0.4, 0.5) is 0 Å². The summed E-state index contributed by atoms with van der Waals surface area (Å²) >= 11 is 0. The van der Waals surface area contributed by atoms with Gasteiger partial charge in [0.1, 0.15) is 0 Å². The summed E-state index contributed by atoms with van der Waals surface area (Å²) in [6, 6.07) is 22.2. The minimum Gasteiger partial charge on any atom is -0.546 e. The summed E-state index contributed by atoms with van der Waals surface area (Å²) in [7, 11) is 0.129. The van der Waals surface area contributed by atoms with Crippen LogP contribution in [0.2, 0.25) is 18.1 Å². The third kappa shape index (κ3) is 3.61. The summed E-state index contributed by atoms with van der Waals surface area (Å²) in [6.07, 6.45) is 1.59. The van der Waals surface area contributed by atoms with Crippen molar-refractivity contribution in [1.29, 1.82) is 5.26 Å². The number of fused-ring (bicyclic) bond motifs is 6. The first-order valence-electron chi connectivity index (χ1n) is 12.3. The molecule has 0 spiro atoms. The molecule has 0 N–H and O–H groups in total. The van der Waals surface area contributed by atoms with Crippen LogP contribution in [0.15, 0.2) is 65.9 Å². The SMILES string of the molecule is Cn1c2c(c3ccccc31)C[C@H]1C(C#N)=C(O[Si](C)(C)C(C)(C)C)C[C@@H]2N1Cc1ccccc1. The van der Waals surface area contributed by atoms with E-state index in [1.165, 1.54) is 27.7 Å². The molecule has 0 fully saturated rings. The second-order valence-corrected chi connectivity index (χ2v) is 16.1. The molecule has 0 saturated carbocycles. The number of rotatable bonds is 4. The molecule has 0 saturated heterocycles. The van der Waals surface area contributed by atoms with Gasteiger partial charge < -0.3 is 8.99 Å². The van der Waals surface area contributed by atoms with E-state index in [1.54, 1.807) is 0 Å². The van der Waals surface area contributed by atoms with Gasteiger partial charge in [0.05, 0.1) is 29.5 Å². The van der Waals surface area contributed by atoms with Gasteiger partial charge in [0, 0.05) is 36.6 Å². The largest absolute Gasteiger partial charge is 0.546 e. The van der Waals surface area contributed by atoms with Gasteiger partial charge in [-0.1, -0.05) is 69.3 Å². The van der Waals surface area contributed by atoms with Crippen molar-refractivity contribution in [3.63, 3.8) is 0 Å². The number of para-hydroxylation sites is 1. The molecule has 1 aromatic heterocycles. The van der Waals surface area contributed by atoms with Crippen molar-refractivity contribution in [3.8, 4) is 6.07 Å². The zero-order chi connectivity index (χ0) is 24.3. The molecule has 2 aliphatic heterocycles. The molecule has 34 heavy (non-hydrogen) atoms. The van der Waals surface area contributed by atoms with E-state index in [9.17, 15) is 5.26 Å². The summed E-state index contributed by atoms with van der Waals surface area (Å²) in [6.45, 7) is 12.2. The Morgan fingerprint density at radius 1 is 1.00 bits per heavy atom. The van der Waals surface area contributed by atoms with Gasteiger partial charge in [-0.15, -0.1) is 0 Å². The normalized spacial score (nSPS) is 20.9. The molecule has 0 amide bonds. The van der Waals surface area contributed by atoms with Crippen LogP contribution in [-0.4, -0.2) is 23.8 Å². The van der Waals surface area contributed by atoms with Crippen molar-refractivity contribution in [3.05, 3.63) is 82.8 Å². The Kier molecular flexibility index (Phi) is 5.50. The van der Waals surface area contributed by atoms with Gasteiger partial charge in [-0.05, 0) is 41.7 Å². The van der Waals surface area contributed by atoms with Crippen LogP contribution < -0.4 is 0 Å².